The molecule has 1 fully saturated rings. The third-order valence-corrected chi connectivity index (χ3v) is 9.51. The Morgan fingerprint density at radius 2 is 1.52 bits per heavy atom. The Labute approximate surface area is 282 Å². The van der Waals surface area contributed by atoms with Gasteiger partial charge in [-0.1, -0.05) is 38.1 Å². The summed E-state index contributed by atoms with van der Waals surface area (Å²) in [6.07, 6.45) is 9.58. The van der Waals surface area contributed by atoms with Crippen molar-refractivity contribution in [3.63, 3.8) is 0 Å². The summed E-state index contributed by atoms with van der Waals surface area (Å²) in [6.45, 7) is 11.2. The molecule has 0 N–H and O–H groups in total. The topological polar surface area (TPSA) is 48.1 Å². The first-order chi connectivity index (χ1) is 23.4. The van der Waals surface area contributed by atoms with Crippen molar-refractivity contribution in [2.24, 2.45) is 5.92 Å². The largest absolute Gasteiger partial charge is 0.457 e. The van der Waals surface area contributed by atoms with E-state index in [1.165, 1.54) is 51.6 Å². The summed E-state index contributed by atoms with van der Waals surface area (Å²) >= 11 is 0. The maximum absolute atomic E-state index is 6.52. The fourth-order valence-electron chi connectivity index (χ4n) is 7.41. The summed E-state index contributed by atoms with van der Waals surface area (Å²) in [4.78, 5) is 7.31. The number of pyridine rings is 1. The average Bonchev–Trinajstić information content (AvgIpc) is 3.84. The predicted octanol–water partition coefficient (Wildman–Crippen LogP) is 10.2. The molecule has 6 heteroatoms. The fraction of sp³-hybridized carbons (Fsp3) is 0.238. The smallest absolute Gasteiger partial charge is 0.137 e. The van der Waals surface area contributed by atoms with Crippen LogP contribution in [0.3, 0.4) is 0 Å². The second kappa shape index (κ2) is 12.3. The van der Waals surface area contributed by atoms with Crippen LogP contribution in [-0.2, 0) is 6.42 Å². The van der Waals surface area contributed by atoms with Gasteiger partial charge >= 0.3 is 0 Å². The first-order valence-corrected chi connectivity index (χ1v) is 17.1. The van der Waals surface area contributed by atoms with Crippen LogP contribution < -0.4 is 9.64 Å². The van der Waals surface area contributed by atoms with Gasteiger partial charge in [0.05, 0.1) is 22.9 Å². The molecule has 0 spiro atoms. The van der Waals surface area contributed by atoms with Crippen molar-refractivity contribution in [1.29, 1.82) is 0 Å². The number of nitrogens with zero attached hydrogens (tertiary/aromatic N) is 5. The van der Waals surface area contributed by atoms with Gasteiger partial charge in [-0.05, 0) is 116 Å². The third kappa shape index (κ3) is 5.62. The third-order valence-electron chi connectivity index (χ3n) is 9.51. The lowest BCUT2D eigenvalue weighted by Gasteiger charge is -2.20. The van der Waals surface area contributed by atoms with Gasteiger partial charge < -0.3 is 9.64 Å². The number of benzene rings is 4. The minimum Gasteiger partial charge on any atom is -0.457 e. The molecule has 4 heterocycles. The van der Waals surface area contributed by atoms with Crippen LogP contribution in [-0.4, -0.2) is 32.4 Å². The molecule has 0 aliphatic carbocycles. The van der Waals surface area contributed by atoms with Crippen LogP contribution in [0.25, 0.3) is 44.4 Å². The molecule has 48 heavy (non-hydrogen) atoms. The SMILES string of the molecule is Cc1cc(N2CCCC2)cc(C)c1-c1cnn(-c2cccc(Oc3ccc4c5ccccc5n(-c5cc(CC(C)C)ccn5)c4c3)c2)c1. The molecule has 0 unspecified atom stereocenters. The molecule has 240 valence electrons. The lowest BCUT2D eigenvalue weighted by Crippen LogP contribution is -2.17. The normalized spacial score (nSPS) is 13.3. The van der Waals surface area contributed by atoms with E-state index in [9.17, 15) is 0 Å². The number of ether oxygens (including phenoxy) is 1. The second-order valence-electron chi connectivity index (χ2n) is 13.6. The highest BCUT2D eigenvalue weighted by atomic mass is 16.5. The van der Waals surface area contributed by atoms with Crippen molar-refractivity contribution in [2.45, 2.75) is 47.0 Å². The van der Waals surface area contributed by atoms with Gasteiger partial charge in [-0.2, -0.15) is 5.10 Å². The van der Waals surface area contributed by atoms with E-state index in [1.54, 1.807) is 0 Å². The Morgan fingerprint density at radius 3 is 2.33 bits per heavy atom. The van der Waals surface area contributed by atoms with Crippen molar-refractivity contribution >= 4 is 27.5 Å². The van der Waals surface area contributed by atoms with E-state index in [-0.39, 0.29) is 0 Å². The van der Waals surface area contributed by atoms with Crippen LogP contribution in [0, 0.1) is 19.8 Å². The molecular weight excluding hydrogens is 590 g/mol. The van der Waals surface area contributed by atoms with Crippen molar-refractivity contribution in [2.75, 3.05) is 18.0 Å². The molecule has 0 saturated carbocycles. The molecule has 0 atom stereocenters. The van der Waals surface area contributed by atoms with Crippen molar-refractivity contribution in [1.82, 2.24) is 19.3 Å². The van der Waals surface area contributed by atoms with E-state index in [0.29, 0.717) is 5.92 Å². The number of hydrogen-bond donors (Lipinski definition) is 0. The Bertz CT molecular complexity index is 2250. The monoisotopic (exact) mass is 631 g/mol. The van der Waals surface area contributed by atoms with Gasteiger partial charge in [0, 0.05) is 59.6 Å². The van der Waals surface area contributed by atoms with Gasteiger partial charge in [-0.15, -0.1) is 0 Å². The molecule has 1 saturated heterocycles. The summed E-state index contributed by atoms with van der Waals surface area (Å²) in [5.41, 5.74) is 10.7. The first kappa shape index (κ1) is 30.0. The highest BCUT2D eigenvalue weighted by Crippen LogP contribution is 2.36. The highest BCUT2D eigenvalue weighted by Gasteiger charge is 2.18. The molecule has 1 aliphatic heterocycles. The van der Waals surface area contributed by atoms with E-state index < -0.39 is 0 Å². The van der Waals surface area contributed by atoms with Crippen molar-refractivity contribution in [3.05, 3.63) is 126 Å². The van der Waals surface area contributed by atoms with E-state index in [0.717, 1.165) is 59.1 Å². The van der Waals surface area contributed by atoms with E-state index in [1.807, 2.05) is 35.3 Å². The van der Waals surface area contributed by atoms with E-state index >= 15 is 0 Å². The van der Waals surface area contributed by atoms with Crippen molar-refractivity contribution < 1.29 is 4.74 Å². The Morgan fingerprint density at radius 1 is 0.750 bits per heavy atom. The summed E-state index contributed by atoms with van der Waals surface area (Å²) < 4.78 is 10.7. The summed E-state index contributed by atoms with van der Waals surface area (Å²) in [5.74, 6) is 3.02. The molecular formula is C42H41N5O. The maximum Gasteiger partial charge on any atom is 0.137 e. The van der Waals surface area contributed by atoms with Crippen LogP contribution >= 0.6 is 0 Å². The highest BCUT2D eigenvalue weighted by molar-refractivity contribution is 6.09. The molecule has 0 bridgehead atoms. The summed E-state index contributed by atoms with van der Waals surface area (Å²) in [5, 5.41) is 7.14. The van der Waals surface area contributed by atoms with Gasteiger partial charge in [0.15, 0.2) is 0 Å². The molecule has 8 rings (SSSR count). The molecule has 0 radical (unpaired) electrons. The molecule has 0 amide bonds. The zero-order chi connectivity index (χ0) is 32.8. The van der Waals surface area contributed by atoms with Crippen LogP contribution in [0.5, 0.6) is 11.5 Å². The number of fused-ring (bicyclic) bond motifs is 3. The number of aryl methyl sites for hydroxylation is 2. The van der Waals surface area contributed by atoms with Gasteiger partial charge in [0.2, 0.25) is 0 Å². The number of para-hydroxylation sites is 1. The average molecular weight is 632 g/mol. The predicted molar refractivity (Wildman–Crippen MR) is 197 cm³/mol. The Kier molecular flexibility index (Phi) is 7.72. The number of rotatable bonds is 8. The minimum absolute atomic E-state index is 0.571. The van der Waals surface area contributed by atoms with E-state index in [2.05, 4.69) is 116 Å². The van der Waals surface area contributed by atoms with Gasteiger partial charge in [-0.25, -0.2) is 9.67 Å². The van der Waals surface area contributed by atoms with Crippen LogP contribution in [0.4, 0.5) is 5.69 Å². The molecule has 4 aromatic carbocycles. The quantitative estimate of drug-likeness (QED) is 0.167. The fourth-order valence-corrected chi connectivity index (χ4v) is 7.41. The molecule has 3 aromatic heterocycles. The van der Waals surface area contributed by atoms with Gasteiger partial charge in [-0.3, -0.25) is 4.57 Å². The van der Waals surface area contributed by atoms with E-state index in [4.69, 9.17) is 14.8 Å². The molecule has 6 nitrogen and oxygen atoms in total. The number of aromatic nitrogens is 4. The maximum atomic E-state index is 6.52. The minimum atomic E-state index is 0.571. The summed E-state index contributed by atoms with van der Waals surface area (Å²) in [7, 11) is 0. The number of anilines is 1. The van der Waals surface area contributed by atoms with Crippen LogP contribution in [0.2, 0.25) is 0 Å². The van der Waals surface area contributed by atoms with Crippen LogP contribution in [0.15, 0.2) is 110 Å². The Hall–Kier alpha value is -5.36. The first-order valence-electron chi connectivity index (χ1n) is 17.1. The second-order valence-corrected chi connectivity index (χ2v) is 13.6. The zero-order valence-corrected chi connectivity index (χ0v) is 28.1. The van der Waals surface area contributed by atoms with Gasteiger partial charge in [0.1, 0.15) is 17.3 Å². The van der Waals surface area contributed by atoms with Gasteiger partial charge in [0.25, 0.3) is 0 Å². The standard InChI is InChI=1S/C42H41N5O/c1-28(2)20-31-16-17-43-41(23-31)47-39-13-6-5-12-37(39)38-15-14-36(25-40(38)47)48-35-11-9-10-33(24-35)46-27-32(26-44-46)42-29(3)21-34(22-30(42)4)45-18-7-8-19-45/h5-6,9-17,21-28H,7-8,18-20H2,1-4H3. The van der Waals surface area contributed by atoms with Crippen molar-refractivity contribution in [3.8, 4) is 34.1 Å². The van der Waals surface area contributed by atoms with Crippen LogP contribution in [0.1, 0.15) is 43.4 Å². The lowest BCUT2D eigenvalue weighted by molar-refractivity contribution is 0.483. The lowest BCUT2D eigenvalue weighted by atomic mass is 9.97. The summed E-state index contributed by atoms with van der Waals surface area (Å²) in [6, 6.07) is 32.0. The zero-order valence-electron chi connectivity index (χ0n) is 28.1. The Balaban J connectivity index is 1.10. The molecule has 1 aliphatic rings. The number of hydrogen-bond acceptors (Lipinski definition) is 4. The molecule has 7 aromatic rings.